The van der Waals surface area contributed by atoms with Crippen LogP contribution in [-0.4, -0.2) is 19.8 Å². The quantitative estimate of drug-likeness (QED) is 0.868. The lowest BCUT2D eigenvalue weighted by molar-refractivity contribution is 0.395. The third kappa shape index (κ3) is 3.11. The topological polar surface area (TPSA) is 37.4 Å². The highest BCUT2D eigenvalue weighted by atomic mass is 32.2. The molecule has 0 amide bonds. The Balaban J connectivity index is 2.36. The fourth-order valence-electron chi connectivity index (χ4n) is 1.97. The predicted octanol–water partition coefficient (Wildman–Crippen LogP) is 3.35. The first-order valence-corrected chi connectivity index (χ1v) is 7.76. The molecule has 3 nitrogen and oxygen atoms in total. The van der Waals surface area contributed by atoms with Gasteiger partial charge in [-0.1, -0.05) is 24.3 Å². The summed E-state index contributed by atoms with van der Waals surface area (Å²) in [5.41, 5.74) is 0.624. The summed E-state index contributed by atoms with van der Waals surface area (Å²) in [6.45, 7) is 1.66. The smallest absolute Gasteiger partial charge is 0.207 e. The van der Waals surface area contributed by atoms with E-state index < -0.39 is 27.7 Å². The number of benzene rings is 2. The van der Waals surface area contributed by atoms with Crippen molar-refractivity contribution in [3.63, 3.8) is 0 Å². The maximum atomic E-state index is 13.7. The molecule has 0 saturated carbocycles. The predicted molar refractivity (Wildman–Crippen MR) is 76.2 cm³/mol. The molecular formula is C15H15F2NO2S. The Morgan fingerprint density at radius 2 is 1.57 bits per heavy atom. The summed E-state index contributed by atoms with van der Waals surface area (Å²) in [6, 6.07) is 10.2. The lowest BCUT2D eigenvalue weighted by atomic mass is 10.1. The van der Waals surface area contributed by atoms with E-state index in [4.69, 9.17) is 0 Å². The van der Waals surface area contributed by atoms with Gasteiger partial charge in [0.1, 0.15) is 16.5 Å². The summed E-state index contributed by atoms with van der Waals surface area (Å²) < 4.78 is 52.6. The first-order valence-electron chi connectivity index (χ1n) is 6.32. The molecule has 0 aliphatic heterocycles. The Labute approximate surface area is 122 Å². The van der Waals surface area contributed by atoms with Crippen LogP contribution in [0, 0.1) is 11.6 Å². The van der Waals surface area contributed by atoms with Gasteiger partial charge in [0, 0.05) is 13.1 Å². The molecule has 2 aromatic carbocycles. The van der Waals surface area contributed by atoms with Gasteiger partial charge >= 0.3 is 0 Å². The molecule has 112 valence electrons. The van der Waals surface area contributed by atoms with Crippen LogP contribution in [0.25, 0.3) is 0 Å². The van der Waals surface area contributed by atoms with Crippen LogP contribution in [0.5, 0.6) is 0 Å². The van der Waals surface area contributed by atoms with Crippen LogP contribution in [0.15, 0.2) is 53.4 Å². The maximum Gasteiger partial charge on any atom is 0.246 e. The van der Waals surface area contributed by atoms with Gasteiger partial charge < -0.3 is 0 Å². The van der Waals surface area contributed by atoms with E-state index in [1.807, 2.05) is 0 Å². The zero-order chi connectivity index (χ0) is 15.6. The van der Waals surface area contributed by atoms with Crippen molar-refractivity contribution in [3.05, 3.63) is 65.7 Å². The van der Waals surface area contributed by atoms with Crippen LogP contribution in [0.4, 0.5) is 8.78 Å². The van der Waals surface area contributed by atoms with Crippen LogP contribution < -0.4 is 0 Å². The minimum Gasteiger partial charge on any atom is -0.207 e. The summed E-state index contributed by atoms with van der Waals surface area (Å²) >= 11 is 0. The van der Waals surface area contributed by atoms with Gasteiger partial charge in [0.15, 0.2) is 0 Å². The third-order valence-electron chi connectivity index (χ3n) is 3.39. The SMILES string of the molecule is CC(c1ccc(F)cc1)N(C)S(=O)(=O)c1ccccc1F. The summed E-state index contributed by atoms with van der Waals surface area (Å²) in [4.78, 5) is -0.374. The molecule has 1 unspecified atom stereocenters. The first-order chi connectivity index (χ1) is 9.84. The minimum absolute atomic E-state index is 0.374. The van der Waals surface area contributed by atoms with Gasteiger partial charge in [-0.2, -0.15) is 4.31 Å². The molecule has 0 N–H and O–H groups in total. The van der Waals surface area contributed by atoms with Crippen LogP contribution in [-0.2, 0) is 10.0 Å². The molecule has 0 fully saturated rings. The molecule has 0 radical (unpaired) electrons. The maximum absolute atomic E-state index is 13.7. The average Bonchev–Trinajstić information content (AvgIpc) is 2.46. The highest BCUT2D eigenvalue weighted by Gasteiger charge is 2.28. The second-order valence-corrected chi connectivity index (χ2v) is 6.65. The van der Waals surface area contributed by atoms with Crippen LogP contribution >= 0.6 is 0 Å². The Morgan fingerprint density at radius 1 is 1.00 bits per heavy atom. The van der Waals surface area contributed by atoms with Crippen LogP contribution in [0.1, 0.15) is 18.5 Å². The molecule has 0 aliphatic carbocycles. The molecule has 0 spiro atoms. The van der Waals surface area contributed by atoms with E-state index >= 15 is 0 Å². The second kappa shape index (κ2) is 5.91. The van der Waals surface area contributed by atoms with Crippen molar-refractivity contribution in [2.45, 2.75) is 17.9 Å². The fraction of sp³-hybridized carbons (Fsp3) is 0.200. The van der Waals surface area contributed by atoms with Crippen molar-refractivity contribution >= 4 is 10.0 Å². The van der Waals surface area contributed by atoms with Gasteiger partial charge in [0.2, 0.25) is 10.0 Å². The molecule has 0 aromatic heterocycles. The highest BCUT2D eigenvalue weighted by molar-refractivity contribution is 7.89. The van der Waals surface area contributed by atoms with Crippen molar-refractivity contribution < 1.29 is 17.2 Å². The third-order valence-corrected chi connectivity index (χ3v) is 5.35. The molecule has 0 heterocycles. The summed E-state index contributed by atoms with van der Waals surface area (Å²) in [5.74, 6) is -1.19. The van der Waals surface area contributed by atoms with E-state index in [9.17, 15) is 17.2 Å². The first kappa shape index (κ1) is 15.6. The van der Waals surface area contributed by atoms with E-state index in [-0.39, 0.29) is 4.90 Å². The fourth-order valence-corrected chi connectivity index (χ4v) is 3.38. The Bertz CT molecular complexity index is 730. The number of sulfonamides is 1. The van der Waals surface area contributed by atoms with Gasteiger partial charge in [-0.25, -0.2) is 17.2 Å². The molecular weight excluding hydrogens is 296 g/mol. The van der Waals surface area contributed by atoms with Gasteiger partial charge in [0.05, 0.1) is 0 Å². The normalized spacial score (nSPS) is 13.4. The molecule has 21 heavy (non-hydrogen) atoms. The molecule has 0 aliphatic rings. The monoisotopic (exact) mass is 311 g/mol. The number of halogens is 2. The van der Waals surface area contributed by atoms with E-state index in [0.29, 0.717) is 5.56 Å². The molecule has 1 atom stereocenters. The Morgan fingerprint density at radius 3 is 2.14 bits per heavy atom. The zero-order valence-electron chi connectivity index (χ0n) is 11.6. The summed E-state index contributed by atoms with van der Waals surface area (Å²) in [7, 11) is -2.59. The van der Waals surface area contributed by atoms with Crippen molar-refractivity contribution in [2.75, 3.05) is 7.05 Å². The lowest BCUT2D eigenvalue weighted by Crippen LogP contribution is -2.30. The number of rotatable bonds is 4. The Hall–Kier alpha value is -1.79. The van der Waals surface area contributed by atoms with Crippen molar-refractivity contribution in [2.24, 2.45) is 0 Å². The van der Waals surface area contributed by atoms with Crippen molar-refractivity contribution in [3.8, 4) is 0 Å². The number of hydrogen-bond donors (Lipinski definition) is 0. The Kier molecular flexibility index (Phi) is 4.39. The molecule has 2 aromatic rings. The van der Waals surface area contributed by atoms with Gasteiger partial charge in [0.25, 0.3) is 0 Å². The number of nitrogens with zero attached hydrogens (tertiary/aromatic N) is 1. The molecule has 2 rings (SSSR count). The van der Waals surface area contributed by atoms with E-state index in [0.717, 1.165) is 10.4 Å². The second-order valence-electron chi connectivity index (χ2n) is 4.68. The van der Waals surface area contributed by atoms with Crippen molar-refractivity contribution in [1.82, 2.24) is 4.31 Å². The van der Waals surface area contributed by atoms with Gasteiger partial charge in [-0.05, 0) is 36.8 Å². The standard InChI is InChI=1S/C15H15F2NO2S/c1-11(12-7-9-13(16)10-8-12)18(2)21(19,20)15-6-4-3-5-14(15)17/h3-11H,1-2H3. The molecule has 0 bridgehead atoms. The largest absolute Gasteiger partial charge is 0.246 e. The zero-order valence-corrected chi connectivity index (χ0v) is 12.4. The van der Waals surface area contributed by atoms with Gasteiger partial charge in [-0.15, -0.1) is 0 Å². The van der Waals surface area contributed by atoms with E-state index in [2.05, 4.69) is 0 Å². The minimum atomic E-state index is -3.96. The lowest BCUT2D eigenvalue weighted by Gasteiger charge is -2.24. The number of hydrogen-bond acceptors (Lipinski definition) is 2. The van der Waals surface area contributed by atoms with Crippen LogP contribution in [0.3, 0.4) is 0 Å². The molecule has 0 saturated heterocycles. The highest BCUT2D eigenvalue weighted by Crippen LogP contribution is 2.26. The van der Waals surface area contributed by atoms with Gasteiger partial charge in [-0.3, -0.25) is 0 Å². The van der Waals surface area contributed by atoms with E-state index in [1.54, 1.807) is 6.92 Å². The summed E-state index contributed by atoms with van der Waals surface area (Å²) in [6.07, 6.45) is 0. The summed E-state index contributed by atoms with van der Waals surface area (Å²) in [5, 5.41) is 0. The van der Waals surface area contributed by atoms with Crippen LogP contribution in [0.2, 0.25) is 0 Å². The average molecular weight is 311 g/mol. The van der Waals surface area contributed by atoms with Crippen molar-refractivity contribution in [1.29, 1.82) is 0 Å². The molecule has 6 heteroatoms. The van der Waals surface area contributed by atoms with E-state index in [1.165, 1.54) is 49.5 Å².